The van der Waals surface area contributed by atoms with Gasteiger partial charge >= 0.3 is 0 Å². The molecule has 1 aromatic heterocycles. The van der Waals surface area contributed by atoms with Crippen molar-refractivity contribution in [3.63, 3.8) is 0 Å². The van der Waals surface area contributed by atoms with E-state index in [9.17, 15) is 4.79 Å². The van der Waals surface area contributed by atoms with Gasteiger partial charge in [-0.2, -0.15) is 0 Å². The molecule has 124 valence electrons. The number of hydrogen-bond donors (Lipinski definition) is 2. The van der Waals surface area contributed by atoms with Gasteiger partial charge in [0.25, 0.3) is 11.7 Å². The van der Waals surface area contributed by atoms with E-state index in [-0.39, 0.29) is 11.5 Å². The predicted molar refractivity (Wildman–Crippen MR) is 87.9 cm³/mol. The van der Waals surface area contributed by atoms with Gasteiger partial charge in [-0.1, -0.05) is 6.42 Å². The fraction of sp³-hybridized carbons (Fsp3) is 0.353. The summed E-state index contributed by atoms with van der Waals surface area (Å²) >= 11 is 0. The second kappa shape index (κ2) is 5.67. The predicted octanol–water partition coefficient (Wildman–Crippen LogP) is 2.74. The first-order chi connectivity index (χ1) is 11.7. The van der Waals surface area contributed by atoms with Crippen molar-refractivity contribution in [2.45, 2.75) is 37.9 Å². The Bertz CT molecular complexity index is 787. The minimum atomic E-state index is -0.529. The Balaban J connectivity index is 1.52. The molecule has 0 saturated heterocycles. The summed E-state index contributed by atoms with van der Waals surface area (Å²) in [5, 5.41) is 2.76. The number of nitrogens with one attached hydrogen (secondary N) is 1. The molecule has 0 bridgehead atoms. The second-order valence-corrected chi connectivity index (χ2v) is 6.08. The normalized spacial score (nSPS) is 17.7. The van der Waals surface area contributed by atoms with Crippen LogP contribution in [0.5, 0.6) is 11.5 Å². The van der Waals surface area contributed by atoms with Crippen molar-refractivity contribution >= 4 is 17.4 Å². The average molecular weight is 326 g/mol. The van der Waals surface area contributed by atoms with E-state index in [2.05, 4.69) is 15.3 Å². The summed E-state index contributed by atoms with van der Waals surface area (Å²) in [6.45, 7) is 0. The molecular weight excluding hydrogens is 308 g/mol. The highest BCUT2D eigenvalue weighted by Crippen LogP contribution is 2.46. The van der Waals surface area contributed by atoms with Crippen LogP contribution in [0.3, 0.4) is 0 Å². The third kappa shape index (κ3) is 2.62. The Morgan fingerprint density at radius 3 is 2.62 bits per heavy atom. The van der Waals surface area contributed by atoms with Crippen molar-refractivity contribution in [2.75, 3.05) is 11.1 Å². The highest BCUT2D eigenvalue weighted by atomic mass is 16.7. The average Bonchev–Trinajstić information content (AvgIpc) is 2.92. The minimum Gasteiger partial charge on any atom is -0.448 e. The number of nitrogens with two attached hydrogens (primary N) is 1. The van der Waals surface area contributed by atoms with Crippen LogP contribution < -0.4 is 20.5 Å². The molecular formula is C17H18N4O3. The van der Waals surface area contributed by atoms with E-state index < -0.39 is 11.7 Å². The summed E-state index contributed by atoms with van der Waals surface area (Å²) in [5.41, 5.74) is 6.37. The molecule has 1 amide bonds. The van der Waals surface area contributed by atoms with E-state index in [0.29, 0.717) is 17.2 Å². The molecule has 7 nitrogen and oxygen atoms in total. The topological polar surface area (TPSA) is 99.4 Å². The minimum absolute atomic E-state index is 0.0944. The van der Waals surface area contributed by atoms with E-state index in [0.717, 1.165) is 25.7 Å². The third-order valence-electron chi connectivity index (χ3n) is 4.35. The summed E-state index contributed by atoms with van der Waals surface area (Å²) in [7, 11) is 0. The summed E-state index contributed by atoms with van der Waals surface area (Å²) in [5.74, 6) is 0.526. The molecule has 7 heteroatoms. The van der Waals surface area contributed by atoms with Crippen molar-refractivity contribution in [3.05, 3.63) is 36.3 Å². The fourth-order valence-corrected chi connectivity index (χ4v) is 3.18. The lowest BCUT2D eigenvalue weighted by molar-refractivity contribution is -0.105. The Kier molecular flexibility index (Phi) is 3.48. The Morgan fingerprint density at radius 2 is 1.83 bits per heavy atom. The lowest BCUT2D eigenvalue weighted by Gasteiger charge is -2.31. The van der Waals surface area contributed by atoms with E-state index in [1.165, 1.54) is 18.8 Å². The van der Waals surface area contributed by atoms with Crippen LogP contribution >= 0.6 is 0 Å². The number of benzene rings is 1. The fourth-order valence-electron chi connectivity index (χ4n) is 3.18. The Morgan fingerprint density at radius 1 is 1.08 bits per heavy atom. The van der Waals surface area contributed by atoms with Gasteiger partial charge in [-0.3, -0.25) is 4.79 Å². The smallest absolute Gasteiger partial charge is 0.278 e. The summed E-state index contributed by atoms with van der Waals surface area (Å²) in [6, 6.07) is 5.35. The maximum atomic E-state index is 12.3. The number of carbonyl (C=O) groups excluding carboxylic acids is 1. The van der Waals surface area contributed by atoms with E-state index >= 15 is 0 Å². The van der Waals surface area contributed by atoms with Gasteiger partial charge in [-0.15, -0.1) is 0 Å². The van der Waals surface area contributed by atoms with Crippen molar-refractivity contribution in [1.29, 1.82) is 0 Å². The second-order valence-electron chi connectivity index (χ2n) is 6.08. The van der Waals surface area contributed by atoms with Gasteiger partial charge in [0.15, 0.2) is 23.0 Å². The first-order valence-corrected chi connectivity index (χ1v) is 8.05. The van der Waals surface area contributed by atoms with Crippen LogP contribution in [0.15, 0.2) is 30.6 Å². The largest absolute Gasteiger partial charge is 0.448 e. The summed E-state index contributed by atoms with van der Waals surface area (Å²) in [6.07, 6.45) is 8.06. The number of anilines is 2. The quantitative estimate of drug-likeness (QED) is 0.880. The standard InChI is InChI=1S/C17H18N4O3/c18-15-14(19-8-9-20-15)16(22)21-11-4-5-12-13(10-11)24-17(23-12)6-2-1-3-7-17/h4-5,8-10H,1-3,6-7H2,(H2,18,20)(H,21,22). The van der Waals surface area contributed by atoms with Crippen LogP contribution in [0.4, 0.5) is 11.5 Å². The number of nitrogens with zero attached hydrogens (tertiary/aromatic N) is 2. The zero-order valence-corrected chi connectivity index (χ0v) is 13.1. The molecule has 3 N–H and O–H groups in total. The van der Waals surface area contributed by atoms with Crippen LogP contribution in [-0.2, 0) is 0 Å². The molecule has 1 fully saturated rings. The molecule has 0 atom stereocenters. The number of amides is 1. The van der Waals surface area contributed by atoms with Crippen LogP contribution in [0.25, 0.3) is 0 Å². The van der Waals surface area contributed by atoms with Gasteiger partial charge in [-0.25, -0.2) is 9.97 Å². The van der Waals surface area contributed by atoms with Crippen LogP contribution in [0.2, 0.25) is 0 Å². The molecule has 4 rings (SSSR count). The summed E-state index contributed by atoms with van der Waals surface area (Å²) in [4.78, 5) is 20.1. The molecule has 1 aromatic carbocycles. The number of hydrogen-bond acceptors (Lipinski definition) is 6. The first-order valence-electron chi connectivity index (χ1n) is 8.05. The van der Waals surface area contributed by atoms with E-state index in [1.807, 2.05) is 6.07 Å². The molecule has 1 spiro atoms. The number of carbonyl (C=O) groups is 1. The maximum absolute atomic E-state index is 12.3. The molecule has 0 radical (unpaired) electrons. The number of nitrogen functional groups attached to an aromatic ring is 1. The van der Waals surface area contributed by atoms with Gasteiger partial charge in [0.05, 0.1) is 0 Å². The van der Waals surface area contributed by atoms with Crippen molar-refractivity contribution in [2.24, 2.45) is 0 Å². The maximum Gasteiger partial charge on any atom is 0.278 e. The highest BCUT2D eigenvalue weighted by Gasteiger charge is 2.42. The molecule has 2 aromatic rings. The highest BCUT2D eigenvalue weighted by molar-refractivity contribution is 6.05. The van der Waals surface area contributed by atoms with E-state index in [4.69, 9.17) is 15.2 Å². The molecule has 2 heterocycles. The van der Waals surface area contributed by atoms with Gasteiger partial charge in [0.1, 0.15) is 0 Å². The van der Waals surface area contributed by atoms with Gasteiger partial charge in [-0.05, 0) is 25.0 Å². The van der Waals surface area contributed by atoms with Crippen molar-refractivity contribution in [1.82, 2.24) is 9.97 Å². The molecule has 0 unspecified atom stereocenters. The zero-order valence-electron chi connectivity index (χ0n) is 13.1. The molecule has 1 aliphatic heterocycles. The molecule has 1 saturated carbocycles. The van der Waals surface area contributed by atoms with Crippen LogP contribution in [0.1, 0.15) is 42.6 Å². The lowest BCUT2D eigenvalue weighted by atomic mass is 9.94. The zero-order chi connectivity index (χ0) is 16.6. The van der Waals surface area contributed by atoms with Gasteiger partial charge in [0.2, 0.25) is 0 Å². The van der Waals surface area contributed by atoms with Gasteiger partial charge < -0.3 is 20.5 Å². The summed E-state index contributed by atoms with van der Waals surface area (Å²) < 4.78 is 12.1. The monoisotopic (exact) mass is 326 g/mol. The SMILES string of the molecule is Nc1nccnc1C(=O)Nc1ccc2c(c1)OC1(CCCCC1)O2. The molecule has 1 aliphatic carbocycles. The van der Waals surface area contributed by atoms with Crippen molar-refractivity contribution in [3.8, 4) is 11.5 Å². The van der Waals surface area contributed by atoms with Crippen LogP contribution in [0, 0.1) is 0 Å². The number of ether oxygens (including phenoxy) is 2. The van der Waals surface area contributed by atoms with Crippen molar-refractivity contribution < 1.29 is 14.3 Å². The van der Waals surface area contributed by atoms with Crippen LogP contribution in [-0.4, -0.2) is 21.7 Å². The molecule has 24 heavy (non-hydrogen) atoms. The Hall–Kier alpha value is -2.83. The van der Waals surface area contributed by atoms with E-state index in [1.54, 1.807) is 12.1 Å². The number of aromatic nitrogens is 2. The lowest BCUT2D eigenvalue weighted by Crippen LogP contribution is -2.40. The number of fused-ring (bicyclic) bond motifs is 1. The molecule has 2 aliphatic rings. The van der Waals surface area contributed by atoms with Gasteiger partial charge in [0, 0.05) is 37.0 Å². The third-order valence-corrected chi connectivity index (χ3v) is 4.35. The first kappa shape index (κ1) is 14.7. The Labute approximate surface area is 139 Å². The number of rotatable bonds is 2.